The summed E-state index contributed by atoms with van der Waals surface area (Å²) in [6.45, 7) is 8.63. The number of aliphatic hydroxyl groups excluding tert-OH is 1. The van der Waals surface area contributed by atoms with Crippen LogP contribution in [0, 0.1) is 40.9 Å². The van der Waals surface area contributed by atoms with Gasteiger partial charge in [0.05, 0.1) is 41.0 Å². The fourth-order valence-corrected chi connectivity index (χ4v) is 5.93. The third-order valence-corrected chi connectivity index (χ3v) is 8.51. The number of benzene rings is 1. The van der Waals surface area contributed by atoms with Crippen molar-refractivity contribution in [2.24, 2.45) is 0 Å². The zero-order valence-electron chi connectivity index (χ0n) is 32.9. The molecule has 4 aromatic rings. The molecule has 2 unspecified atom stereocenters. The number of hydrogen-bond donors (Lipinski definition) is 2. The number of esters is 2. The zero-order valence-corrected chi connectivity index (χ0v) is 32.9. The molecule has 0 radical (unpaired) electrons. The molecule has 2 aliphatic rings. The molecule has 1 aromatic carbocycles. The van der Waals surface area contributed by atoms with Gasteiger partial charge in [-0.1, -0.05) is 6.07 Å². The first-order valence-corrected chi connectivity index (χ1v) is 18.6. The molecule has 0 spiro atoms. The van der Waals surface area contributed by atoms with Crippen LogP contribution in [-0.2, 0) is 62.3 Å². The summed E-state index contributed by atoms with van der Waals surface area (Å²) in [6.07, 6.45) is 10.5. The topological polar surface area (TPSA) is 260 Å². The van der Waals surface area contributed by atoms with E-state index in [4.69, 9.17) is 30.0 Å². The summed E-state index contributed by atoms with van der Waals surface area (Å²) in [5.74, 6) is -0.102. The average molecular weight is 789 g/mol. The SMILES string of the molecule is CC(C)OC(=O)C(Cc1ncc(C#N)cn1)OC(=O)Nc1c2c(cc3c1CCC3)CCC2.CC(C)OC(=O)C(O)Cc1ncc(C#N)cn1.Cc1ncc(C#N)cn1. The quantitative estimate of drug-likeness (QED) is 0.168. The van der Waals surface area contributed by atoms with E-state index in [1.54, 1.807) is 34.6 Å². The lowest BCUT2D eigenvalue weighted by Gasteiger charge is -2.20. The minimum atomic E-state index is -1.29. The van der Waals surface area contributed by atoms with Gasteiger partial charge < -0.3 is 19.3 Å². The van der Waals surface area contributed by atoms with Crippen LogP contribution in [-0.4, -0.2) is 77.5 Å². The van der Waals surface area contributed by atoms with Gasteiger partial charge in [-0.25, -0.2) is 44.3 Å². The highest BCUT2D eigenvalue weighted by molar-refractivity contribution is 5.90. The van der Waals surface area contributed by atoms with Gasteiger partial charge in [0, 0.05) is 43.6 Å². The van der Waals surface area contributed by atoms with Crippen molar-refractivity contribution in [2.75, 3.05) is 5.32 Å². The molecule has 0 saturated heterocycles. The summed E-state index contributed by atoms with van der Waals surface area (Å²) in [5, 5.41) is 38.2. The molecule has 17 nitrogen and oxygen atoms in total. The van der Waals surface area contributed by atoms with Gasteiger partial charge in [-0.15, -0.1) is 0 Å². The maximum Gasteiger partial charge on any atom is 0.412 e. The Kier molecular flexibility index (Phi) is 16.2. The van der Waals surface area contributed by atoms with Crippen molar-refractivity contribution in [1.82, 2.24) is 29.9 Å². The number of hydrogen-bond acceptors (Lipinski definition) is 16. The van der Waals surface area contributed by atoms with Crippen LogP contribution in [0.15, 0.2) is 43.2 Å². The van der Waals surface area contributed by atoms with Gasteiger partial charge in [0.15, 0.2) is 6.10 Å². The molecule has 0 fully saturated rings. The smallest absolute Gasteiger partial charge is 0.412 e. The first-order chi connectivity index (χ1) is 27.8. The van der Waals surface area contributed by atoms with E-state index in [0.717, 1.165) is 44.2 Å². The van der Waals surface area contributed by atoms with E-state index in [9.17, 15) is 19.5 Å². The second-order valence-corrected chi connectivity index (χ2v) is 13.8. The number of aromatic nitrogens is 6. The zero-order chi connectivity index (χ0) is 42.2. The number of nitrogens with one attached hydrogen (secondary N) is 1. The van der Waals surface area contributed by atoms with Gasteiger partial charge in [-0.05, 0) is 95.4 Å². The van der Waals surface area contributed by atoms with Crippen molar-refractivity contribution in [3.8, 4) is 18.2 Å². The molecule has 17 heteroatoms. The Balaban J connectivity index is 0.000000237. The summed E-state index contributed by atoms with van der Waals surface area (Å²) < 4.78 is 15.6. The summed E-state index contributed by atoms with van der Waals surface area (Å²) in [6, 6.07) is 8.04. The Hall–Kier alpha value is -6.90. The number of carbonyl (C=O) groups excluding carboxylic acids is 3. The monoisotopic (exact) mass is 788 g/mol. The molecule has 2 atom stereocenters. The fourth-order valence-electron chi connectivity index (χ4n) is 5.93. The van der Waals surface area contributed by atoms with Crippen LogP contribution >= 0.6 is 0 Å². The molecular weight excluding hydrogens is 745 g/mol. The van der Waals surface area contributed by atoms with E-state index in [2.05, 4.69) is 41.3 Å². The van der Waals surface area contributed by atoms with E-state index in [-0.39, 0.29) is 36.7 Å². The molecule has 300 valence electrons. The maximum absolute atomic E-state index is 12.9. The van der Waals surface area contributed by atoms with Crippen LogP contribution in [0.5, 0.6) is 0 Å². The van der Waals surface area contributed by atoms with Gasteiger partial charge in [-0.3, -0.25) is 5.32 Å². The lowest BCUT2D eigenvalue weighted by Crippen LogP contribution is -2.35. The highest BCUT2D eigenvalue weighted by atomic mass is 16.6. The largest absolute Gasteiger partial charge is 0.461 e. The van der Waals surface area contributed by atoms with Crippen molar-refractivity contribution in [2.45, 2.75) is 110 Å². The van der Waals surface area contributed by atoms with Crippen LogP contribution in [0.25, 0.3) is 0 Å². The summed E-state index contributed by atoms with van der Waals surface area (Å²) >= 11 is 0. The highest BCUT2D eigenvalue weighted by Crippen LogP contribution is 2.38. The van der Waals surface area contributed by atoms with E-state index in [1.807, 2.05) is 18.2 Å². The van der Waals surface area contributed by atoms with Crippen LogP contribution in [0.4, 0.5) is 10.5 Å². The van der Waals surface area contributed by atoms with Crippen LogP contribution < -0.4 is 5.32 Å². The maximum atomic E-state index is 12.9. The number of rotatable bonds is 10. The van der Waals surface area contributed by atoms with Gasteiger partial charge in [-0.2, -0.15) is 15.8 Å². The Morgan fingerprint density at radius 2 is 1.10 bits per heavy atom. The number of ether oxygens (including phenoxy) is 3. The van der Waals surface area contributed by atoms with Crippen molar-refractivity contribution < 1.29 is 33.7 Å². The summed E-state index contributed by atoms with van der Waals surface area (Å²) in [5.41, 5.74) is 6.93. The lowest BCUT2D eigenvalue weighted by molar-refractivity contribution is -0.158. The Bertz CT molecular complexity index is 2140. The average Bonchev–Trinajstić information content (AvgIpc) is 3.88. The number of amides is 1. The molecule has 2 N–H and O–H groups in total. The number of aliphatic hydroxyl groups is 1. The van der Waals surface area contributed by atoms with Crippen molar-refractivity contribution >= 4 is 23.7 Å². The van der Waals surface area contributed by atoms with E-state index < -0.39 is 30.2 Å². The number of carbonyl (C=O) groups is 3. The first kappa shape index (κ1) is 43.8. The molecule has 0 aliphatic heterocycles. The third-order valence-electron chi connectivity index (χ3n) is 8.51. The standard InChI is InChI=1S/C24H26N4O4.C11H13N3O3.C6H5N3/c1-14(2)31-23(29)20(10-21-26-12-15(11-25)13-27-21)32-24(30)28-22-18-7-3-5-16(18)9-17-6-4-8-19(17)22;1-7(2)17-11(16)9(15)3-10-13-5-8(4-12)6-14-10;1-5-8-3-6(2-7)4-9-5/h9,12-14,20H,3-8,10H2,1-2H3,(H,28,30);5-7,9,15H,3H2,1-2H3;3-4H,1H3. The van der Waals surface area contributed by atoms with E-state index in [1.165, 1.54) is 59.4 Å². The lowest BCUT2D eigenvalue weighted by atomic mass is 9.99. The third kappa shape index (κ3) is 13.1. The molecule has 2 aliphatic carbocycles. The Morgan fingerprint density at radius 3 is 1.55 bits per heavy atom. The molecule has 58 heavy (non-hydrogen) atoms. The second-order valence-electron chi connectivity index (χ2n) is 13.8. The summed E-state index contributed by atoms with van der Waals surface area (Å²) in [7, 11) is 0. The van der Waals surface area contributed by atoms with E-state index >= 15 is 0 Å². The van der Waals surface area contributed by atoms with E-state index in [0.29, 0.717) is 22.5 Å². The van der Waals surface area contributed by atoms with Crippen LogP contribution in [0.1, 0.15) is 97.0 Å². The van der Waals surface area contributed by atoms with Crippen molar-refractivity contribution in [3.05, 3.63) is 99.7 Å². The van der Waals surface area contributed by atoms with Gasteiger partial charge in [0.2, 0.25) is 6.10 Å². The number of aryl methyl sites for hydroxylation is 3. The molecule has 1 amide bonds. The minimum Gasteiger partial charge on any atom is -0.461 e. The van der Waals surface area contributed by atoms with Crippen molar-refractivity contribution in [1.29, 1.82) is 15.8 Å². The molecular formula is C41H44N10O7. The predicted octanol–water partition coefficient (Wildman–Crippen LogP) is 4.30. The molecule has 0 saturated carbocycles. The Morgan fingerprint density at radius 1 is 0.672 bits per heavy atom. The molecule has 0 bridgehead atoms. The normalized spacial score (nSPS) is 13.1. The van der Waals surface area contributed by atoms with Gasteiger partial charge in [0.1, 0.15) is 35.7 Å². The number of nitriles is 3. The van der Waals surface area contributed by atoms with Gasteiger partial charge >= 0.3 is 18.0 Å². The number of anilines is 1. The van der Waals surface area contributed by atoms with Crippen LogP contribution in [0.2, 0.25) is 0 Å². The van der Waals surface area contributed by atoms with Crippen LogP contribution in [0.3, 0.4) is 0 Å². The predicted molar refractivity (Wildman–Crippen MR) is 205 cm³/mol. The molecule has 3 aromatic heterocycles. The minimum absolute atomic E-state index is 0.0305. The number of nitrogens with zero attached hydrogens (tertiary/aromatic N) is 9. The second kappa shape index (κ2) is 21.4. The summed E-state index contributed by atoms with van der Waals surface area (Å²) in [4.78, 5) is 60.3. The first-order valence-electron chi connectivity index (χ1n) is 18.6. The molecule has 6 rings (SSSR count). The molecule has 3 heterocycles. The Labute approximate surface area is 336 Å². The highest BCUT2D eigenvalue weighted by Gasteiger charge is 2.30. The number of fused-ring (bicyclic) bond motifs is 2. The van der Waals surface area contributed by atoms with Crippen molar-refractivity contribution in [3.63, 3.8) is 0 Å². The van der Waals surface area contributed by atoms with Gasteiger partial charge in [0.25, 0.3) is 0 Å². The fraction of sp³-hybridized carbons (Fsp3) is 0.415.